The lowest BCUT2D eigenvalue weighted by molar-refractivity contribution is 0.309. The van der Waals surface area contributed by atoms with Crippen molar-refractivity contribution in [1.29, 1.82) is 5.26 Å². The van der Waals surface area contributed by atoms with Gasteiger partial charge in [-0.3, -0.25) is 9.59 Å². The molecule has 5 aromatic rings. The molecule has 0 aliphatic heterocycles. The van der Waals surface area contributed by atoms with Crippen LogP contribution < -0.4 is 39.4 Å². The van der Waals surface area contributed by atoms with E-state index >= 15 is 0 Å². The molecule has 0 aliphatic carbocycles. The van der Waals surface area contributed by atoms with Crippen LogP contribution in [0.1, 0.15) is 12.0 Å². The zero-order chi connectivity index (χ0) is 34.4. The number of methoxy groups -OCH3 is 5. The number of H-pyrrole nitrogens is 1. The number of ether oxygens (including phenoxy) is 6. The lowest BCUT2D eigenvalue weighted by atomic mass is 10.1. The van der Waals surface area contributed by atoms with E-state index in [-0.39, 0.29) is 46.1 Å². The number of benzene rings is 3. The molecule has 1 N–H and O–H groups in total. The molecule has 12 nitrogen and oxygen atoms in total. The van der Waals surface area contributed by atoms with Crippen LogP contribution >= 0.6 is 23.4 Å². The molecule has 5 rings (SSSR count). The summed E-state index contributed by atoms with van der Waals surface area (Å²) in [5.41, 5.74) is 0.298. The minimum Gasteiger partial charge on any atom is -0.496 e. The van der Waals surface area contributed by atoms with Crippen molar-refractivity contribution in [2.75, 3.05) is 47.9 Å². The molecule has 3 aromatic carbocycles. The summed E-state index contributed by atoms with van der Waals surface area (Å²) in [7, 11) is 7.39. The van der Waals surface area contributed by atoms with E-state index in [1.807, 2.05) is 6.07 Å². The molecule has 0 amide bonds. The number of aromatic amines is 1. The van der Waals surface area contributed by atoms with Gasteiger partial charge >= 0.3 is 0 Å². The maximum absolute atomic E-state index is 14.0. The second kappa shape index (κ2) is 15.1. The van der Waals surface area contributed by atoms with Gasteiger partial charge in [0.2, 0.25) is 16.9 Å². The predicted octanol–water partition coefficient (Wildman–Crippen LogP) is 6.34. The number of fused-ring (bicyclic) bond motifs is 1. The number of rotatable bonds is 13. The second-order valence-corrected chi connectivity index (χ2v) is 11.5. The van der Waals surface area contributed by atoms with Gasteiger partial charge in [0.1, 0.15) is 34.1 Å². The maximum atomic E-state index is 14.0. The number of thioether (sulfide) groups is 1. The number of halogens is 1. The third kappa shape index (κ3) is 6.85. The lowest BCUT2D eigenvalue weighted by Gasteiger charge is -2.17. The Hall–Kier alpha value is -5.32. The van der Waals surface area contributed by atoms with Gasteiger partial charge in [0.05, 0.1) is 47.8 Å². The first kappa shape index (κ1) is 34.0. The molecule has 0 atom stereocenters. The monoisotopic (exact) mass is 691 g/mol. The first-order chi connectivity index (χ1) is 23.3. The van der Waals surface area contributed by atoms with Gasteiger partial charge in [-0.15, -0.1) is 0 Å². The van der Waals surface area contributed by atoms with Gasteiger partial charge in [0, 0.05) is 34.0 Å². The Kier molecular flexibility index (Phi) is 10.7. The molecular weight excluding hydrogens is 662 g/mol. The summed E-state index contributed by atoms with van der Waals surface area (Å²) in [4.78, 5) is 33.9. The van der Waals surface area contributed by atoms with E-state index < -0.39 is 11.0 Å². The van der Waals surface area contributed by atoms with Crippen molar-refractivity contribution in [2.24, 2.45) is 0 Å². The number of nitrogens with one attached hydrogen (secondary N) is 1. The SMILES string of the molecule is COc1cc(OC)c2c(=O)c(OCCCSc3nc(-c4cccc(Cl)c4)c(C#N)c(=O)[nH]3)c(-c3cc(OC)c(OC)c(OC)c3)oc2c1. The zero-order valence-electron chi connectivity index (χ0n) is 26.6. The molecule has 248 valence electrons. The fourth-order valence-electron chi connectivity index (χ4n) is 4.93. The van der Waals surface area contributed by atoms with Crippen molar-refractivity contribution in [3.05, 3.63) is 79.7 Å². The fraction of sp³-hybridized carbons (Fsp3) is 0.235. The van der Waals surface area contributed by atoms with Crippen molar-refractivity contribution in [3.8, 4) is 63.1 Å². The molecule has 14 heteroatoms. The van der Waals surface area contributed by atoms with Crippen LogP contribution in [-0.2, 0) is 0 Å². The van der Waals surface area contributed by atoms with Crippen LogP contribution in [0.3, 0.4) is 0 Å². The fourth-order valence-corrected chi connectivity index (χ4v) is 5.89. The average molecular weight is 692 g/mol. The number of nitriles is 1. The summed E-state index contributed by atoms with van der Waals surface area (Å²) >= 11 is 7.39. The average Bonchev–Trinajstić information content (AvgIpc) is 3.10. The minimum atomic E-state index is -0.560. The molecule has 0 spiro atoms. The Morgan fingerprint density at radius 1 is 0.896 bits per heavy atom. The van der Waals surface area contributed by atoms with E-state index in [0.717, 1.165) is 0 Å². The van der Waals surface area contributed by atoms with Crippen LogP contribution in [0.2, 0.25) is 5.02 Å². The smallest absolute Gasteiger partial charge is 0.270 e. The van der Waals surface area contributed by atoms with Crippen LogP contribution in [0, 0.1) is 11.3 Å². The van der Waals surface area contributed by atoms with Gasteiger partial charge in [-0.25, -0.2) is 4.98 Å². The molecule has 0 radical (unpaired) electrons. The normalized spacial score (nSPS) is 10.8. The van der Waals surface area contributed by atoms with Crippen LogP contribution in [0.5, 0.6) is 34.5 Å². The highest BCUT2D eigenvalue weighted by molar-refractivity contribution is 7.99. The van der Waals surface area contributed by atoms with E-state index in [4.69, 9.17) is 44.4 Å². The van der Waals surface area contributed by atoms with Gasteiger partial charge in [-0.1, -0.05) is 35.5 Å². The quantitative estimate of drug-likeness (QED) is 0.0832. The van der Waals surface area contributed by atoms with Crippen LogP contribution in [0.25, 0.3) is 33.6 Å². The predicted molar refractivity (Wildman–Crippen MR) is 182 cm³/mol. The lowest BCUT2D eigenvalue weighted by Crippen LogP contribution is -2.15. The Morgan fingerprint density at radius 2 is 1.62 bits per heavy atom. The minimum absolute atomic E-state index is 0.0570. The number of hydrogen-bond donors (Lipinski definition) is 1. The first-order valence-electron chi connectivity index (χ1n) is 14.4. The van der Waals surface area contributed by atoms with Crippen LogP contribution in [-0.4, -0.2) is 57.9 Å². The summed E-state index contributed by atoms with van der Waals surface area (Å²) in [6.45, 7) is 0.0980. The third-order valence-electron chi connectivity index (χ3n) is 7.15. The van der Waals surface area contributed by atoms with Crippen molar-refractivity contribution < 1.29 is 32.8 Å². The molecule has 2 aromatic heterocycles. The molecule has 0 bridgehead atoms. The summed E-state index contributed by atoms with van der Waals surface area (Å²) in [6, 6.07) is 15.2. The summed E-state index contributed by atoms with van der Waals surface area (Å²) in [6.07, 6.45) is 0.437. The molecule has 0 aliphatic rings. The molecule has 0 saturated carbocycles. The highest BCUT2D eigenvalue weighted by Gasteiger charge is 2.24. The van der Waals surface area contributed by atoms with Gasteiger partial charge in [0.15, 0.2) is 22.4 Å². The largest absolute Gasteiger partial charge is 0.496 e. The summed E-state index contributed by atoms with van der Waals surface area (Å²) < 4.78 is 39.8. The molecule has 2 heterocycles. The van der Waals surface area contributed by atoms with E-state index in [0.29, 0.717) is 56.5 Å². The Balaban J connectivity index is 1.47. The highest BCUT2D eigenvalue weighted by atomic mass is 35.5. The van der Waals surface area contributed by atoms with Crippen LogP contribution in [0.15, 0.2) is 67.7 Å². The van der Waals surface area contributed by atoms with E-state index in [1.165, 1.54) is 47.3 Å². The highest BCUT2D eigenvalue weighted by Crippen LogP contribution is 2.44. The van der Waals surface area contributed by atoms with Crippen molar-refractivity contribution >= 4 is 34.3 Å². The third-order valence-corrected chi connectivity index (χ3v) is 8.35. The van der Waals surface area contributed by atoms with Crippen LogP contribution in [0.4, 0.5) is 0 Å². The molecule has 0 saturated heterocycles. The Morgan fingerprint density at radius 3 is 2.25 bits per heavy atom. The number of hydrogen-bond acceptors (Lipinski definition) is 12. The van der Waals surface area contributed by atoms with Gasteiger partial charge in [-0.05, 0) is 30.7 Å². The van der Waals surface area contributed by atoms with Crippen molar-refractivity contribution in [2.45, 2.75) is 11.6 Å². The van der Waals surface area contributed by atoms with E-state index in [1.54, 1.807) is 48.5 Å². The number of aromatic nitrogens is 2. The topological polar surface area (TPSA) is 155 Å². The molecule has 48 heavy (non-hydrogen) atoms. The molecule has 0 unspecified atom stereocenters. The molecular formula is C34H30ClN3O9S. The van der Waals surface area contributed by atoms with Gasteiger partial charge in [-0.2, -0.15) is 5.26 Å². The van der Waals surface area contributed by atoms with Crippen molar-refractivity contribution in [1.82, 2.24) is 9.97 Å². The maximum Gasteiger partial charge on any atom is 0.270 e. The van der Waals surface area contributed by atoms with E-state index in [2.05, 4.69) is 9.97 Å². The Labute approximate surface area is 284 Å². The van der Waals surface area contributed by atoms with E-state index in [9.17, 15) is 14.9 Å². The number of nitrogens with zero attached hydrogens (tertiary/aromatic N) is 2. The molecule has 0 fully saturated rings. The summed E-state index contributed by atoms with van der Waals surface area (Å²) in [5, 5.41) is 10.5. The van der Waals surface area contributed by atoms with Gasteiger partial charge in [0.25, 0.3) is 5.56 Å². The van der Waals surface area contributed by atoms with Crippen molar-refractivity contribution in [3.63, 3.8) is 0 Å². The first-order valence-corrected chi connectivity index (χ1v) is 15.7. The second-order valence-electron chi connectivity index (χ2n) is 9.97. The summed E-state index contributed by atoms with van der Waals surface area (Å²) in [5.74, 6) is 2.25. The zero-order valence-corrected chi connectivity index (χ0v) is 28.2. The Bertz CT molecular complexity index is 2120. The standard InChI is InChI=1S/C34H30ClN3O9S/c1-41-21-15-23(42-2)27-24(16-21)47-30(19-13-25(43-3)31(45-5)26(14-19)44-4)32(29(27)39)46-10-7-11-48-34-37-28(22(17-36)33(40)38-34)18-8-6-9-20(35)12-18/h6,8-9,12-16H,7,10-11H2,1-5H3,(H,37,38,40). The van der Waals surface area contributed by atoms with Gasteiger partial charge < -0.3 is 37.8 Å².